The molecule has 5 rings (SSSR count). The molecule has 7 nitrogen and oxygen atoms in total. The second-order valence-corrected chi connectivity index (χ2v) is 8.81. The fourth-order valence-corrected chi connectivity index (χ4v) is 4.75. The van der Waals surface area contributed by atoms with Gasteiger partial charge in [-0.1, -0.05) is 30.3 Å². The Hall–Kier alpha value is -3.16. The maximum absolute atomic E-state index is 13.2. The zero-order valence-electron chi connectivity index (χ0n) is 18.4. The molecule has 0 unspecified atom stereocenters. The molecular formula is C25H29N5O2. The summed E-state index contributed by atoms with van der Waals surface area (Å²) < 4.78 is 1.73. The van der Waals surface area contributed by atoms with Crippen LogP contribution >= 0.6 is 0 Å². The number of aliphatic hydroxyl groups excluding tert-OH is 1. The van der Waals surface area contributed by atoms with Crippen molar-refractivity contribution in [2.24, 2.45) is 7.05 Å². The van der Waals surface area contributed by atoms with Crippen LogP contribution in [0.15, 0.2) is 54.9 Å². The molecule has 2 aliphatic heterocycles. The van der Waals surface area contributed by atoms with Crippen LogP contribution in [0.3, 0.4) is 0 Å². The Morgan fingerprint density at radius 2 is 1.84 bits per heavy atom. The number of rotatable bonds is 6. The summed E-state index contributed by atoms with van der Waals surface area (Å²) in [6.45, 7) is 3.37. The number of aliphatic hydroxyl groups is 1. The molecule has 2 aliphatic rings. The van der Waals surface area contributed by atoms with Gasteiger partial charge >= 0.3 is 0 Å². The fourth-order valence-electron chi connectivity index (χ4n) is 4.75. The Morgan fingerprint density at radius 3 is 2.66 bits per heavy atom. The van der Waals surface area contributed by atoms with Gasteiger partial charge in [-0.3, -0.25) is 14.4 Å². The average Bonchev–Trinajstić information content (AvgIpc) is 3.20. The van der Waals surface area contributed by atoms with E-state index in [-0.39, 0.29) is 5.91 Å². The number of nitrogens with one attached hydrogen (secondary N) is 1. The third-order valence-electron chi connectivity index (χ3n) is 6.38. The smallest absolute Gasteiger partial charge is 0.254 e. The summed E-state index contributed by atoms with van der Waals surface area (Å²) >= 11 is 0. The van der Waals surface area contributed by atoms with E-state index in [0.29, 0.717) is 25.2 Å². The van der Waals surface area contributed by atoms with Crippen LogP contribution in [0.2, 0.25) is 0 Å². The molecule has 166 valence electrons. The van der Waals surface area contributed by atoms with Crippen LogP contribution in [0.1, 0.15) is 27.0 Å². The summed E-state index contributed by atoms with van der Waals surface area (Å²) in [6, 6.07) is 14.4. The molecule has 32 heavy (non-hydrogen) atoms. The van der Waals surface area contributed by atoms with Gasteiger partial charge in [-0.25, -0.2) is 0 Å². The van der Waals surface area contributed by atoms with E-state index in [1.165, 1.54) is 11.1 Å². The molecule has 3 heterocycles. The minimum atomic E-state index is -0.567. The first kappa shape index (κ1) is 20.7. The van der Waals surface area contributed by atoms with Crippen LogP contribution in [0, 0.1) is 0 Å². The first-order chi connectivity index (χ1) is 15.5. The summed E-state index contributed by atoms with van der Waals surface area (Å²) in [5, 5.41) is 18.2. The van der Waals surface area contributed by atoms with Crippen molar-refractivity contribution in [2.75, 3.05) is 31.5 Å². The van der Waals surface area contributed by atoms with Gasteiger partial charge in [0.25, 0.3) is 5.91 Å². The number of carbonyl (C=O) groups excluding carboxylic acids is 1. The van der Waals surface area contributed by atoms with Crippen molar-refractivity contribution in [3.05, 3.63) is 77.1 Å². The highest BCUT2D eigenvalue weighted by molar-refractivity contribution is 5.97. The monoisotopic (exact) mass is 431 g/mol. The van der Waals surface area contributed by atoms with Gasteiger partial charge in [0.05, 0.1) is 18.0 Å². The topological polar surface area (TPSA) is 73.6 Å². The molecule has 0 spiro atoms. The molecule has 1 amide bonds. The number of fused-ring (bicyclic) bond motifs is 2. The lowest BCUT2D eigenvalue weighted by molar-refractivity contribution is 0.0493. The highest BCUT2D eigenvalue weighted by Crippen LogP contribution is 2.25. The summed E-state index contributed by atoms with van der Waals surface area (Å²) in [6.07, 6.45) is 4.89. The van der Waals surface area contributed by atoms with Gasteiger partial charge in [0, 0.05) is 57.2 Å². The molecule has 1 atom stereocenters. The van der Waals surface area contributed by atoms with Crippen molar-refractivity contribution in [1.29, 1.82) is 0 Å². The molecule has 0 aliphatic carbocycles. The Kier molecular flexibility index (Phi) is 5.68. The maximum Gasteiger partial charge on any atom is 0.254 e. The van der Waals surface area contributed by atoms with E-state index >= 15 is 0 Å². The second-order valence-electron chi connectivity index (χ2n) is 8.81. The normalized spacial score (nSPS) is 17.1. The molecular weight excluding hydrogens is 402 g/mol. The number of aromatic nitrogens is 2. The fraction of sp³-hybridized carbons (Fsp3) is 0.360. The Labute approximate surface area is 188 Å². The van der Waals surface area contributed by atoms with Crippen LogP contribution in [-0.4, -0.2) is 62.9 Å². The largest absolute Gasteiger partial charge is 0.390 e. The number of β-amino-alcohol motifs (C(OH)–C–C–N with tert-alkyl or cyclic N) is 1. The predicted octanol–water partition coefficient (Wildman–Crippen LogP) is 2.58. The van der Waals surface area contributed by atoms with Gasteiger partial charge in [0.1, 0.15) is 0 Å². The van der Waals surface area contributed by atoms with Crippen LogP contribution in [0.5, 0.6) is 0 Å². The second kappa shape index (κ2) is 8.76. The van der Waals surface area contributed by atoms with Crippen LogP contribution in [0.25, 0.3) is 0 Å². The molecule has 7 heteroatoms. The Balaban J connectivity index is 1.22. The van der Waals surface area contributed by atoms with E-state index < -0.39 is 6.10 Å². The first-order valence-corrected chi connectivity index (χ1v) is 11.2. The molecule has 1 aromatic heterocycles. The highest BCUT2D eigenvalue weighted by Gasteiger charge is 2.27. The molecule has 0 fully saturated rings. The molecule has 0 radical (unpaired) electrons. The minimum Gasteiger partial charge on any atom is -0.390 e. The number of hydrogen-bond acceptors (Lipinski definition) is 5. The third-order valence-corrected chi connectivity index (χ3v) is 6.38. The van der Waals surface area contributed by atoms with Gasteiger partial charge in [-0.05, 0) is 41.7 Å². The Bertz CT molecular complexity index is 1130. The lowest BCUT2D eigenvalue weighted by Gasteiger charge is -2.34. The molecule has 0 saturated heterocycles. The lowest BCUT2D eigenvalue weighted by atomic mass is 9.97. The van der Waals surface area contributed by atoms with Crippen molar-refractivity contribution < 1.29 is 9.90 Å². The number of hydrogen-bond donors (Lipinski definition) is 2. The average molecular weight is 432 g/mol. The molecule has 0 bridgehead atoms. The summed E-state index contributed by atoms with van der Waals surface area (Å²) in [5.74, 6) is -0.0101. The third kappa shape index (κ3) is 4.40. The zero-order chi connectivity index (χ0) is 22.1. The number of carbonyl (C=O) groups is 1. The standard InChI is InChI=1S/C25H29N5O2/c1-28-15-22(13-26-28)27-21-7-6-19-9-11-30(25(32)24(19)12-21)17-23(31)16-29-10-8-18-4-2-3-5-20(18)14-29/h2-7,12-13,15,23,27,31H,8-11,14,16-17H2,1H3/t23-/m1/s1. The minimum absolute atomic E-state index is 0.0101. The molecule has 2 N–H and O–H groups in total. The highest BCUT2D eigenvalue weighted by atomic mass is 16.3. The summed E-state index contributed by atoms with van der Waals surface area (Å²) in [5.41, 5.74) is 6.25. The zero-order valence-corrected chi connectivity index (χ0v) is 18.4. The van der Waals surface area contributed by atoms with Crippen LogP contribution in [0.4, 0.5) is 11.4 Å². The van der Waals surface area contributed by atoms with Crippen LogP contribution in [-0.2, 0) is 26.4 Å². The number of anilines is 2. The van der Waals surface area contributed by atoms with Gasteiger partial charge in [-0.2, -0.15) is 5.10 Å². The van der Waals surface area contributed by atoms with Crippen LogP contribution < -0.4 is 5.32 Å². The van der Waals surface area contributed by atoms with E-state index in [2.05, 4.69) is 39.6 Å². The van der Waals surface area contributed by atoms with Crippen molar-refractivity contribution in [2.45, 2.75) is 25.5 Å². The Morgan fingerprint density at radius 1 is 1.03 bits per heavy atom. The van der Waals surface area contributed by atoms with Gasteiger partial charge in [-0.15, -0.1) is 0 Å². The molecule has 2 aromatic carbocycles. The number of amides is 1. The van der Waals surface area contributed by atoms with E-state index in [1.54, 1.807) is 15.8 Å². The number of benzene rings is 2. The van der Waals surface area contributed by atoms with Gasteiger partial charge < -0.3 is 15.3 Å². The van der Waals surface area contributed by atoms with Gasteiger partial charge in [0.15, 0.2) is 0 Å². The molecule has 0 saturated carbocycles. The quantitative estimate of drug-likeness (QED) is 0.628. The van der Waals surface area contributed by atoms with Crippen molar-refractivity contribution in [1.82, 2.24) is 19.6 Å². The first-order valence-electron chi connectivity index (χ1n) is 11.2. The summed E-state index contributed by atoms with van der Waals surface area (Å²) in [7, 11) is 1.87. The number of aryl methyl sites for hydroxylation is 1. The van der Waals surface area contributed by atoms with E-state index in [4.69, 9.17) is 0 Å². The van der Waals surface area contributed by atoms with E-state index in [1.807, 2.05) is 31.4 Å². The van der Waals surface area contributed by atoms with Crippen molar-refractivity contribution in [3.8, 4) is 0 Å². The van der Waals surface area contributed by atoms with Crippen molar-refractivity contribution >= 4 is 17.3 Å². The summed E-state index contributed by atoms with van der Waals surface area (Å²) in [4.78, 5) is 17.2. The van der Waals surface area contributed by atoms with E-state index in [9.17, 15) is 9.90 Å². The van der Waals surface area contributed by atoms with Crippen molar-refractivity contribution in [3.63, 3.8) is 0 Å². The maximum atomic E-state index is 13.2. The molecule has 3 aromatic rings. The SMILES string of the molecule is Cn1cc(Nc2ccc3c(c2)C(=O)N(C[C@H](O)CN2CCc4ccccc4C2)CC3)cn1. The predicted molar refractivity (Wildman–Crippen MR) is 124 cm³/mol. The van der Waals surface area contributed by atoms with E-state index in [0.717, 1.165) is 42.9 Å². The lowest BCUT2D eigenvalue weighted by Crippen LogP contribution is -2.46. The number of nitrogens with zero attached hydrogens (tertiary/aromatic N) is 4. The van der Waals surface area contributed by atoms with Gasteiger partial charge in [0.2, 0.25) is 0 Å².